The summed E-state index contributed by atoms with van der Waals surface area (Å²) in [5, 5.41) is 12.2. The fourth-order valence-electron chi connectivity index (χ4n) is 1.89. The quantitative estimate of drug-likeness (QED) is 0.259. The number of aliphatic carboxylic acids is 1. The maximum atomic E-state index is 11.2. The third kappa shape index (κ3) is 5.16. The Kier molecular flexibility index (Phi) is 6.44. The molecule has 0 aromatic rings. The van der Waals surface area contributed by atoms with Gasteiger partial charge in [0.15, 0.2) is 0 Å². The number of esters is 1. The zero-order chi connectivity index (χ0) is 15.1. The number of carbonyl (C=O) groups is 3. The largest absolute Gasteiger partial charge is 0.476 e. The maximum absolute atomic E-state index is 11.2. The highest BCUT2D eigenvalue weighted by atomic mass is 35.5. The Morgan fingerprint density at radius 1 is 1.20 bits per heavy atom. The minimum atomic E-state index is -1.47. The Hall–Kier alpha value is -1.63. The molecule has 0 aromatic carbocycles. The summed E-state index contributed by atoms with van der Waals surface area (Å²) in [5.41, 5.74) is -0.706. The Morgan fingerprint density at radius 3 is 2.20 bits per heavy atom. The van der Waals surface area contributed by atoms with E-state index in [2.05, 4.69) is 5.16 Å². The topological polar surface area (TPSA) is 102 Å². The fourth-order valence-corrected chi connectivity index (χ4v) is 2.02. The SMILES string of the molecule is CC(=O)O[C@H]1CC[C@@H](ON=C(C(=O)O)C(=O)CCl)CC1. The molecule has 7 nitrogen and oxygen atoms in total. The average Bonchev–Trinajstić information content (AvgIpc) is 2.39. The molecule has 1 rings (SSSR count). The zero-order valence-corrected chi connectivity index (χ0v) is 11.8. The second kappa shape index (κ2) is 7.84. The molecule has 0 radical (unpaired) electrons. The Bertz CT molecular complexity index is 414. The van der Waals surface area contributed by atoms with Crippen LogP contribution >= 0.6 is 11.6 Å². The molecule has 0 amide bonds. The average molecular weight is 306 g/mol. The van der Waals surface area contributed by atoms with Crippen molar-refractivity contribution in [3.63, 3.8) is 0 Å². The van der Waals surface area contributed by atoms with Crippen LogP contribution in [-0.2, 0) is 24.0 Å². The van der Waals surface area contributed by atoms with Crippen molar-refractivity contribution >= 4 is 35.0 Å². The number of alkyl halides is 1. The number of hydrogen-bond acceptors (Lipinski definition) is 6. The first-order valence-corrected chi connectivity index (χ1v) is 6.71. The number of ether oxygens (including phenoxy) is 1. The van der Waals surface area contributed by atoms with Gasteiger partial charge in [0.1, 0.15) is 12.2 Å². The summed E-state index contributed by atoms with van der Waals surface area (Å²) < 4.78 is 5.06. The highest BCUT2D eigenvalue weighted by Crippen LogP contribution is 2.23. The Balaban J connectivity index is 2.48. The number of nitrogens with zero attached hydrogens (tertiary/aromatic N) is 1. The smallest absolute Gasteiger partial charge is 0.361 e. The number of carbonyl (C=O) groups excluding carboxylic acids is 2. The summed E-state index contributed by atoms with van der Waals surface area (Å²) in [4.78, 5) is 37.9. The predicted octanol–water partition coefficient (Wildman–Crippen LogP) is 1.13. The van der Waals surface area contributed by atoms with Gasteiger partial charge in [-0.1, -0.05) is 5.16 Å². The van der Waals surface area contributed by atoms with E-state index < -0.39 is 23.3 Å². The second-order valence-corrected chi connectivity index (χ2v) is 4.68. The van der Waals surface area contributed by atoms with Crippen LogP contribution in [0.15, 0.2) is 5.16 Å². The van der Waals surface area contributed by atoms with Crippen LogP contribution in [-0.4, -0.2) is 46.6 Å². The first-order valence-electron chi connectivity index (χ1n) is 6.17. The molecule has 0 aliphatic heterocycles. The van der Waals surface area contributed by atoms with Crippen LogP contribution in [0.25, 0.3) is 0 Å². The van der Waals surface area contributed by atoms with Crippen LogP contribution < -0.4 is 0 Å². The van der Waals surface area contributed by atoms with Gasteiger partial charge >= 0.3 is 11.9 Å². The van der Waals surface area contributed by atoms with Gasteiger partial charge in [-0.3, -0.25) is 9.59 Å². The lowest BCUT2D eigenvalue weighted by molar-refractivity contribution is -0.149. The van der Waals surface area contributed by atoms with Crippen LogP contribution in [0, 0.1) is 0 Å². The molecule has 8 heteroatoms. The van der Waals surface area contributed by atoms with Crippen LogP contribution in [0.3, 0.4) is 0 Å². The van der Waals surface area contributed by atoms with E-state index >= 15 is 0 Å². The van der Waals surface area contributed by atoms with Gasteiger partial charge in [-0.2, -0.15) is 0 Å². The zero-order valence-electron chi connectivity index (χ0n) is 11.0. The van der Waals surface area contributed by atoms with Crippen LogP contribution in [0.5, 0.6) is 0 Å². The molecule has 0 aromatic heterocycles. The Labute approximate surface area is 120 Å². The molecule has 1 fully saturated rings. The summed E-state index contributed by atoms with van der Waals surface area (Å²) in [5.74, 6) is -3.06. The number of ketones is 1. The number of carboxylic acid groups (broad SMARTS) is 1. The fraction of sp³-hybridized carbons (Fsp3) is 0.667. The molecular formula is C12H16ClNO6. The summed E-state index contributed by atoms with van der Waals surface area (Å²) >= 11 is 5.28. The van der Waals surface area contributed by atoms with E-state index in [9.17, 15) is 14.4 Å². The number of oxime groups is 1. The van der Waals surface area contributed by atoms with Gasteiger partial charge in [0, 0.05) is 6.92 Å². The number of rotatable bonds is 6. The van der Waals surface area contributed by atoms with Crippen molar-refractivity contribution < 1.29 is 29.1 Å². The minimum Gasteiger partial charge on any atom is -0.476 e. The van der Waals surface area contributed by atoms with Gasteiger partial charge in [0.2, 0.25) is 11.5 Å². The van der Waals surface area contributed by atoms with Gasteiger partial charge in [-0.05, 0) is 25.7 Å². The Morgan fingerprint density at radius 2 is 1.75 bits per heavy atom. The minimum absolute atomic E-state index is 0.139. The normalized spacial score (nSPS) is 23.0. The van der Waals surface area contributed by atoms with Gasteiger partial charge in [0.25, 0.3) is 0 Å². The van der Waals surface area contributed by atoms with E-state index in [1.54, 1.807) is 0 Å². The van der Waals surface area contributed by atoms with Crippen LogP contribution in [0.4, 0.5) is 0 Å². The number of halogens is 1. The molecule has 0 spiro atoms. The van der Waals surface area contributed by atoms with Crippen molar-refractivity contribution in [3.05, 3.63) is 0 Å². The van der Waals surface area contributed by atoms with Gasteiger partial charge in [-0.15, -0.1) is 11.6 Å². The molecule has 0 unspecified atom stereocenters. The summed E-state index contributed by atoms with van der Waals surface area (Å²) in [7, 11) is 0. The van der Waals surface area contributed by atoms with Crippen molar-refractivity contribution in [3.8, 4) is 0 Å². The monoisotopic (exact) mass is 305 g/mol. The third-order valence-corrected chi connectivity index (χ3v) is 3.08. The van der Waals surface area contributed by atoms with Gasteiger partial charge < -0.3 is 14.7 Å². The lowest BCUT2D eigenvalue weighted by atomic mass is 9.95. The number of Topliss-reactive ketones (excluding diaryl/α,β-unsaturated/α-hetero) is 1. The van der Waals surface area contributed by atoms with Crippen molar-refractivity contribution in [1.29, 1.82) is 0 Å². The summed E-state index contributed by atoms with van der Waals surface area (Å²) in [6, 6.07) is 0. The molecule has 1 aliphatic carbocycles. The molecule has 0 heterocycles. The van der Waals surface area contributed by atoms with Crippen molar-refractivity contribution in [2.75, 3.05) is 5.88 Å². The maximum Gasteiger partial charge on any atom is 0.361 e. The first-order chi connectivity index (χ1) is 9.43. The van der Waals surface area contributed by atoms with Crippen molar-refractivity contribution in [2.45, 2.75) is 44.8 Å². The summed E-state index contributed by atoms with van der Waals surface area (Å²) in [6.45, 7) is 1.35. The molecule has 20 heavy (non-hydrogen) atoms. The van der Waals surface area contributed by atoms with Gasteiger partial charge in [0.05, 0.1) is 5.88 Å². The molecule has 0 saturated heterocycles. The highest BCUT2D eigenvalue weighted by molar-refractivity contribution is 6.67. The molecule has 1 N–H and O–H groups in total. The molecule has 1 saturated carbocycles. The van der Waals surface area contributed by atoms with Crippen LogP contribution in [0.2, 0.25) is 0 Å². The lowest BCUT2D eigenvalue weighted by Gasteiger charge is -2.26. The molecule has 0 bridgehead atoms. The molecule has 1 aliphatic rings. The van der Waals surface area contributed by atoms with E-state index in [4.69, 9.17) is 26.3 Å². The summed E-state index contributed by atoms with van der Waals surface area (Å²) in [6.07, 6.45) is 1.95. The van der Waals surface area contributed by atoms with Crippen molar-refractivity contribution in [2.24, 2.45) is 5.16 Å². The van der Waals surface area contributed by atoms with E-state index in [-0.39, 0.29) is 18.2 Å². The molecule has 0 atom stereocenters. The molecule has 112 valence electrons. The highest BCUT2D eigenvalue weighted by Gasteiger charge is 2.26. The molecular weight excluding hydrogens is 290 g/mol. The first kappa shape index (κ1) is 16.4. The van der Waals surface area contributed by atoms with E-state index in [1.807, 2.05) is 0 Å². The predicted molar refractivity (Wildman–Crippen MR) is 69.7 cm³/mol. The van der Waals surface area contributed by atoms with E-state index in [0.717, 1.165) is 0 Å². The third-order valence-electron chi connectivity index (χ3n) is 2.83. The van der Waals surface area contributed by atoms with Crippen molar-refractivity contribution in [1.82, 2.24) is 0 Å². The van der Waals surface area contributed by atoms with E-state index in [0.29, 0.717) is 25.7 Å². The van der Waals surface area contributed by atoms with Gasteiger partial charge in [-0.25, -0.2) is 4.79 Å². The second-order valence-electron chi connectivity index (χ2n) is 4.42. The van der Waals surface area contributed by atoms with Crippen LogP contribution in [0.1, 0.15) is 32.6 Å². The number of carboxylic acids is 1. The standard InChI is InChI=1S/C12H16ClNO6/c1-7(15)19-8-2-4-9(5-3-8)20-14-11(12(17)18)10(16)6-13/h8-9H,2-6H2,1H3,(H,17,18)/t8-,9+. The van der Waals surface area contributed by atoms with E-state index in [1.165, 1.54) is 6.92 Å². The lowest BCUT2D eigenvalue weighted by Crippen LogP contribution is -2.29. The number of hydrogen-bond donors (Lipinski definition) is 1.